The van der Waals surface area contributed by atoms with E-state index in [-0.39, 0.29) is 18.1 Å². The fraction of sp³-hybridized carbons (Fsp3) is 0.440. The highest BCUT2D eigenvalue weighted by Gasteiger charge is 2.33. The molecule has 2 aliphatic rings. The smallest absolute Gasteiger partial charge is 0.257 e. The number of methoxy groups -OCH3 is 1. The Morgan fingerprint density at radius 2 is 2.11 bits per heavy atom. The first-order valence-corrected chi connectivity index (χ1v) is 12.1. The molecule has 0 spiro atoms. The molecule has 1 unspecified atom stereocenters. The minimum atomic E-state index is -0.184. The second-order valence-electron chi connectivity index (χ2n) is 9.53. The summed E-state index contributed by atoms with van der Waals surface area (Å²) < 4.78 is 9.40. The Morgan fingerprint density at radius 1 is 1.23 bits per heavy atom. The highest BCUT2D eigenvalue weighted by atomic mass is 16.5. The van der Waals surface area contributed by atoms with Crippen LogP contribution < -0.4 is 10.6 Å². The molecular weight excluding hydrogens is 444 g/mol. The van der Waals surface area contributed by atoms with Crippen molar-refractivity contribution in [3.63, 3.8) is 0 Å². The number of ether oxygens (including phenoxy) is 1. The molecule has 2 N–H and O–H groups in total. The third-order valence-corrected chi connectivity index (χ3v) is 7.43. The van der Waals surface area contributed by atoms with Gasteiger partial charge in [0.25, 0.3) is 5.91 Å². The number of hydrogen-bond donors (Lipinski definition) is 2. The maximum Gasteiger partial charge on any atom is 0.257 e. The molecule has 4 aromatic rings. The van der Waals surface area contributed by atoms with E-state index in [2.05, 4.69) is 44.5 Å². The lowest BCUT2D eigenvalue weighted by molar-refractivity contribution is 0.00732. The van der Waals surface area contributed by atoms with E-state index in [0.29, 0.717) is 17.3 Å². The van der Waals surface area contributed by atoms with E-state index >= 15 is 0 Å². The summed E-state index contributed by atoms with van der Waals surface area (Å²) in [7, 11) is 5.68. The second kappa shape index (κ2) is 8.62. The number of nitrogens with zero attached hydrogens (tertiary/aromatic N) is 6. The zero-order chi connectivity index (χ0) is 24.1. The summed E-state index contributed by atoms with van der Waals surface area (Å²) in [5, 5.41) is 11.8. The molecule has 1 saturated heterocycles. The summed E-state index contributed by atoms with van der Waals surface area (Å²) in [6.07, 6.45) is 8.59. The number of pyridine rings is 1. The molecule has 182 valence electrons. The molecule has 6 rings (SSSR count). The number of carbonyl (C=O) groups excluding carboxylic acids is 1. The number of fused-ring (bicyclic) bond motifs is 2. The average Bonchev–Trinajstić information content (AvgIpc) is 3.57. The van der Waals surface area contributed by atoms with Crippen LogP contribution in [-0.4, -0.2) is 81.4 Å². The first-order chi connectivity index (χ1) is 17.1. The van der Waals surface area contributed by atoms with E-state index < -0.39 is 0 Å². The zero-order valence-electron chi connectivity index (χ0n) is 20.2. The minimum Gasteiger partial charge on any atom is -0.379 e. The van der Waals surface area contributed by atoms with E-state index in [1.165, 1.54) is 0 Å². The molecule has 3 atom stereocenters. The van der Waals surface area contributed by atoms with Crippen LogP contribution in [-0.2, 0) is 4.74 Å². The highest BCUT2D eigenvalue weighted by molar-refractivity contribution is 6.01. The van der Waals surface area contributed by atoms with Gasteiger partial charge in [-0.1, -0.05) is 0 Å². The molecule has 2 fully saturated rings. The van der Waals surface area contributed by atoms with Crippen LogP contribution in [0, 0.1) is 0 Å². The van der Waals surface area contributed by atoms with Crippen molar-refractivity contribution < 1.29 is 9.53 Å². The first-order valence-electron chi connectivity index (χ1n) is 12.1. The molecule has 35 heavy (non-hydrogen) atoms. The Labute approximate surface area is 203 Å². The largest absolute Gasteiger partial charge is 0.379 e. The fourth-order valence-corrected chi connectivity index (χ4v) is 5.31. The van der Waals surface area contributed by atoms with Gasteiger partial charge in [0.1, 0.15) is 17.0 Å². The van der Waals surface area contributed by atoms with Crippen molar-refractivity contribution in [3.8, 4) is 11.3 Å². The number of amides is 1. The van der Waals surface area contributed by atoms with Crippen molar-refractivity contribution >= 4 is 28.4 Å². The molecule has 1 aliphatic carbocycles. The molecule has 5 heterocycles. The van der Waals surface area contributed by atoms with Gasteiger partial charge in [0.15, 0.2) is 5.65 Å². The van der Waals surface area contributed by atoms with Gasteiger partial charge in [-0.2, -0.15) is 9.61 Å². The van der Waals surface area contributed by atoms with E-state index in [9.17, 15) is 4.79 Å². The Kier molecular flexibility index (Phi) is 5.42. The van der Waals surface area contributed by atoms with Crippen LogP contribution in [0.3, 0.4) is 0 Å². The van der Waals surface area contributed by atoms with E-state index in [1.54, 1.807) is 17.8 Å². The number of carbonyl (C=O) groups is 1. The van der Waals surface area contributed by atoms with Crippen LogP contribution in [0.5, 0.6) is 0 Å². The number of likely N-dealkylation sites (tertiary alicyclic amines) is 1. The molecule has 1 aliphatic heterocycles. The monoisotopic (exact) mass is 474 g/mol. The summed E-state index contributed by atoms with van der Waals surface area (Å²) >= 11 is 0. The Hall–Kier alpha value is -3.50. The fourth-order valence-electron chi connectivity index (χ4n) is 5.31. The van der Waals surface area contributed by atoms with Crippen molar-refractivity contribution in [2.24, 2.45) is 0 Å². The SMILES string of the molecule is CNc1cc(-c2cn([C@@H]3CCN(C)C3)c3ncccc23)nc2c(C(=O)NC3CC[C@@H]3OC)cnn12. The summed E-state index contributed by atoms with van der Waals surface area (Å²) in [5.41, 5.74) is 3.69. The van der Waals surface area contributed by atoms with E-state index in [1.807, 2.05) is 25.4 Å². The van der Waals surface area contributed by atoms with Gasteiger partial charge in [-0.25, -0.2) is 9.97 Å². The molecule has 1 amide bonds. The maximum absolute atomic E-state index is 13.2. The predicted molar refractivity (Wildman–Crippen MR) is 134 cm³/mol. The van der Waals surface area contributed by atoms with Crippen LogP contribution in [0.25, 0.3) is 27.9 Å². The lowest BCUT2D eigenvalue weighted by atomic mass is 9.89. The van der Waals surface area contributed by atoms with Gasteiger partial charge in [-0.05, 0) is 45.0 Å². The number of likely N-dealkylation sites (N-methyl/N-ethyl adjacent to an activating group) is 1. The molecule has 1 saturated carbocycles. The van der Waals surface area contributed by atoms with Crippen molar-refractivity contribution in [1.29, 1.82) is 0 Å². The van der Waals surface area contributed by atoms with E-state index in [0.717, 1.165) is 60.5 Å². The molecule has 0 bridgehead atoms. The number of rotatable bonds is 6. The molecule has 10 nitrogen and oxygen atoms in total. The highest BCUT2D eigenvalue weighted by Crippen LogP contribution is 2.34. The standard InChI is InChI=1S/C25H30N8O2/c1-26-22-11-20(18-14-32(15-8-10-31(2)13-15)23-16(18)5-4-9-27-23)29-24-17(12-28-33(22)24)25(34)30-19-6-7-21(19)35-3/h4-5,9,11-12,14-15,19,21,26H,6-8,10,13H2,1-3H3,(H,30,34)/t15-,19?,21+/m1/s1. The summed E-state index contributed by atoms with van der Waals surface area (Å²) in [6, 6.07) is 6.40. The first kappa shape index (κ1) is 22.0. The average molecular weight is 475 g/mol. The zero-order valence-corrected chi connectivity index (χ0v) is 20.2. The maximum atomic E-state index is 13.2. The normalized spacial score (nSPS) is 22.5. The van der Waals surface area contributed by atoms with Crippen LogP contribution in [0.15, 0.2) is 36.8 Å². The van der Waals surface area contributed by atoms with Crippen molar-refractivity contribution in [3.05, 3.63) is 42.4 Å². The van der Waals surface area contributed by atoms with Gasteiger partial charge in [0, 0.05) is 56.2 Å². The van der Waals surface area contributed by atoms with Crippen molar-refractivity contribution in [2.45, 2.75) is 37.5 Å². The van der Waals surface area contributed by atoms with Crippen LogP contribution in [0.2, 0.25) is 0 Å². The molecule has 4 aromatic heterocycles. The van der Waals surface area contributed by atoms with Gasteiger partial charge < -0.3 is 24.8 Å². The Morgan fingerprint density at radius 3 is 2.83 bits per heavy atom. The van der Waals surface area contributed by atoms with Gasteiger partial charge in [-0.3, -0.25) is 4.79 Å². The van der Waals surface area contributed by atoms with Gasteiger partial charge in [-0.15, -0.1) is 0 Å². The van der Waals surface area contributed by atoms with E-state index in [4.69, 9.17) is 14.7 Å². The molecule has 0 aromatic carbocycles. The third-order valence-electron chi connectivity index (χ3n) is 7.43. The number of anilines is 1. The Bertz CT molecular complexity index is 1410. The number of aromatic nitrogens is 5. The number of nitrogens with one attached hydrogen (secondary N) is 2. The molecule has 10 heteroatoms. The summed E-state index contributed by atoms with van der Waals surface area (Å²) in [4.78, 5) is 25.2. The van der Waals surface area contributed by atoms with Gasteiger partial charge >= 0.3 is 0 Å². The van der Waals surface area contributed by atoms with Crippen molar-refractivity contribution in [1.82, 2.24) is 34.4 Å². The quantitative estimate of drug-likeness (QED) is 0.443. The van der Waals surface area contributed by atoms with Crippen molar-refractivity contribution in [2.75, 3.05) is 39.6 Å². The van der Waals surface area contributed by atoms with Gasteiger partial charge in [0.2, 0.25) is 0 Å². The molecule has 0 radical (unpaired) electrons. The van der Waals surface area contributed by atoms with Crippen LogP contribution >= 0.6 is 0 Å². The lowest BCUT2D eigenvalue weighted by Crippen LogP contribution is -2.51. The van der Waals surface area contributed by atoms with Gasteiger partial charge in [0.05, 0.1) is 24.0 Å². The summed E-state index contributed by atoms with van der Waals surface area (Å²) in [5.74, 6) is 0.574. The second-order valence-corrected chi connectivity index (χ2v) is 9.53. The van der Waals surface area contributed by atoms with Crippen LogP contribution in [0.1, 0.15) is 35.7 Å². The Balaban J connectivity index is 1.44. The lowest BCUT2D eigenvalue weighted by Gasteiger charge is -2.35. The predicted octanol–water partition coefficient (Wildman–Crippen LogP) is 2.57. The minimum absolute atomic E-state index is 0.0167. The van der Waals surface area contributed by atoms with Crippen LogP contribution in [0.4, 0.5) is 5.82 Å². The topological polar surface area (TPSA) is 102 Å². The third kappa shape index (κ3) is 3.64. The summed E-state index contributed by atoms with van der Waals surface area (Å²) in [6.45, 7) is 2.06. The molecular formula is C25H30N8O2. The number of hydrogen-bond acceptors (Lipinski definition) is 7.